The summed E-state index contributed by atoms with van der Waals surface area (Å²) in [5.74, 6) is 0.558. The maximum absolute atomic E-state index is 11.7. The van der Waals surface area contributed by atoms with Crippen molar-refractivity contribution < 1.29 is 4.79 Å². The molecule has 0 radical (unpaired) electrons. The Hall–Kier alpha value is -1.11. The molecule has 0 aliphatic carbocycles. The van der Waals surface area contributed by atoms with E-state index in [1.807, 2.05) is 12.1 Å². The van der Waals surface area contributed by atoms with Crippen LogP contribution in [-0.4, -0.2) is 60.8 Å². The van der Waals surface area contributed by atoms with Crippen molar-refractivity contribution in [1.82, 2.24) is 20.5 Å². The summed E-state index contributed by atoms with van der Waals surface area (Å²) in [6, 6.07) is 3.83. The van der Waals surface area contributed by atoms with Gasteiger partial charge < -0.3 is 10.6 Å². The normalized spacial score (nSPS) is 16.2. The van der Waals surface area contributed by atoms with Crippen molar-refractivity contribution in [3.05, 3.63) is 24.5 Å². The molecule has 5 nitrogen and oxygen atoms in total. The number of amides is 1. The molecule has 0 spiro atoms. The van der Waals surface area contributed by atoms with Gasteiger partial charge in [-0.15, -0.1) is 11.8 Å². The van der Waals surface area contributed by atoms with Crippen LogP contribution in [0.25, 0.3) is 0 Å². The van der Waals surface area contributed by atoms with E-state index in [-0.39, 0.29) is 5.91 Å². The van der Waals surface area contributed by atoms with Crippen LogP contribution >= 0.6 is 11.8 Å². The molecule has 1 fully saturated rings. The van der Waals surface area contributed by atoms with E-state index in [1.54, 1.807) is 12.4 Å². The largest absolute Gasteiger partial charge is 0.354 e. The Kier molecular flexibility index (Phi) is 6.13. The molecule has 1 aliphatic heterocycles. The predicted octanol–water partition coefficient (Wildman–Crippen LogP) is 0.195. The summed E-state index contributed by atoms with van der Waals surface area (Å²) >= 11 is 1.54. The second kappa shape index (κ2) is 8.14. The molecule has 104 valence electrons. The number of piperazine rings is 1. The fourth-order valence-electron chi connectivity index (χ4n) is 1.92. The van der Waals surface area contributed by atoms with Gasteiger partial charge in [0, 0.05) is 56.6 Å². The fraction of sp³-hybridized carbons (Fsp3) is 0.538. The standard InChI is InChI=1S/C13H20N4OS/c18-13(11-19-12-1-3-14-4-2-12)16-7-10-17-8-5-15-6-9-17/h1-4,15H,5-11H2,(H,16,18). The molecule has 2 N–H and O–H groups in total. The van der Waals surface area contributed by atoms with Gasteiger partial charge in [0.25, 0.3) is 0 Å². The lowest BCUT2D eigenvalue weighted by molar-refractivity contribution is -0.118. The second-order valence-electron chi connectivity index (χ2n) is 4.41. The first kappa shape index (κ1) is 14.3. The van der Waals surface area contributed by atoms with E-state index in [0.717, 1.165) is 44.2 Å². The number of hydrogen-bond donors (Lipinski definition) is 2. The molecule has 1 saturated heterocycles. The highest BCUT2D eigenvalue weighted by atomic mass is 32.2. The molecule has 1 aliphatic rings. The first-order valence-electron chi connectivity index (χ1n) is 6.57. The molecule has 0 bridgehead atoms. The molecule has 2 rings (SSSR count). The van der Waals surface area contributed by atoms with Gasteiger partial charge in [0.2, 0.25) is 5.91 Å². The lowest BCUT2D eigenvalue weighted by Crippen LogP contribution is -2.46. The maximum atomic E-state index is 11.7. The van der Waals surface area contributed by atoms with Crippen LogP contribution in [-0.2, 0) is 4.79 Å². The van der Waals surface area contributed by atoms with Gasteiger partial charge >= 0.3 is 0 Å². The van der Waals surface area contributed by atoms with Crippen molar-refractivity contribution in [2.75, 3.05) is 45.0 Å². The molecule has 1 amide bonds. The van der Waals surface area contributed by atoms with Gasteiger partial charge in [0.1, 0.15) is 0 Å². The van der Waals surface area contributed by atoms with Gasteiger partial charge in [-0.25, -0.2) is 0 Å². The Labute approximate surface area is 118 Å². The van der Waals surface area contributed by atoms with Gasteiger partial charge in [-0.3, -0.25) is 14.7 Å². The van der Waals surface area contributed by atoms with Crippen molar-refractivity contribution in [3.63, 3.8) is 0 Å². The first-order chi connectivity index (χ1) is 9.34. The first-order valence-corrected chi connectivity index (χ1v) is 7.56. The number of nitrogens with zero attached hydrogens (tertiary/aromatic N) is 2. The highest BCUT2D eigenvalue weighted by Crippen LogP contribution is 2.15. The summed E-state index contributed by atoms with van der Waals surface area (Å²) in [6.45, 7) is 5.91. The quantitative estimate of drug-likeness (QED) is 0.729. The summed E-state index contributed by atoms with van der Waals surface area (Å²) in [4.78, 5) is 19.1. The van der Waals surface area contributed by atoms with E-state index in [9.17, 15) is 4.79 Å². The third-order valence-electron chi connectivity index (χ3n) is 2.98. The Bertz CT molecular complexity index is 381. The van der Waals surface area contributed by atoms with Crippen molar-refractivity contribution >= 4 is 17.7 Å². The van der Waals surface area contributed by atoms with Crippen LogP contribution in [0.3, 0.4) is 0 Å². The Morgan fingerprint density at radius 2 is 2.11 bits per heavy atom. The van der Waals surface area contributed by atoms with Crippen molar-refractivity contribution in [3.8, 4) is 0 Å². The van der Waals surface area contributed by atoms with Crippen molar-refractivity contribution in [2.24, 2.45) is 0 Å². The number of thioether (sulfide) groups is 1. The Balaban J connectivity index is 1.57. The number of aromatic nitrogens is 1. The zero-order valence-electron chi connectivity index (χ0n) is 11.0. The van der Waals surface area contributed by atoms with E-state index < -0.39 is 0 Å². The zero-order chi connectivity index (χ0) is 13.3. The van der Waals surface area contributed by atoms with Gasteiger partial charge in [-0.2, -0.15) is 0 Å². The van der Waals surface area contributed by atoms with Crippen molar-refractivity contribution in [2.45, 2.75) is 4.90 Å². The fourth-order valence-corrected chi connectivity index (χ4v) is 2.64. The minimum absolute atomic E-state index is 0.0944. The third-order valence-corrected chi connectivity index (χ3v) is 3.99. The monoisotopic (exact) mass is 280 g/mol. The van der Waals surface area contributed by atoms with E-state index in [1.165, 1.54) is 11.8 Å². The van der Waals surface area contributed by atoms with Crippen molar-refractivity contribution in [1.29, 1.82) is 0 Å². The van der Waals surface area contributed by atoms with Crippen LogP contribution in [0.5, 0.6) is 0 Å². The number of nitrogens with one attached hydrogen (secondary N) is 2. The van der Waals surface area contributed by atoms with Crippen LogP contribution in [0.2, 0.25) is 0 Å². The summed E-state index contributed by atoms with van der Waals surface area (Å²) in [7, 11) is 0. The van der Waals surface area contributed by atoms with E-state index in [0.29, 0.717) is 5.75 Å². The SMILES string of the molecule is O=C(CSc1ccncc1)NCCN1CCNCC1. The van der Waals surface area contributed by atoms with Crippen LogP contribution in [0.15, 0.2) is 29.4 Å². The molecule has 0 atom stereocenters. The average molecular weight is 280 g/mol. The Morgan fingerprint density at radius 3 is 2.84 bits per heavy atom. The molecule has 1 aromatic rings. The highest BCUT2D eigenvalue weighted by molar-refractivity contribution is 8.00. The van der Waals surface area contributed by atoms with Gasteiger partial charge in [0.15, 0.2) is 0 Å². The molecule has 6 heteroatoms. The second-order valence-corrected chi connectivity index (χ2v) is 5.46. The third kappa shape index (κ3) is 5.59. The van der Waals surface area contributed by atoms with Crippen LogP contribution in [0, 0.1) is 0 Å². The summed E-state index contributed by atoms with van der Waals surface area (Å²) < 4.78 is 0. The van der Waals surface area contributed by atoms with E-state index >= 15 is 0 Å². The van der Waals surface area contributed by atoms with Gasteiger partial charge in [-0.05, 0) is 12.1 Å². The number of pyridine rings is 1. The minimum Gasteiger partial charge on any atom is -0.354 e. The molecule has 0 aromatic carbocycles. The summed E-state index contributed by atoms with van der Waals surface area (Å²) in [5.41, 5.74) is 0. The zero-order valence-corrected chi connectivity index (χ0v) is 11.8. The Morgan fingerprint density at radius 1 is 1.37 bits per heavy atom. The number of rotatable bonds is 6. The molecule has 1 aromatic heterocycles. The number of carbonyl (C=O) groups excluding carboxylic acids is 1. The molecular formula is C13H20N4OS. The van der Waals surface area contributed by atoms with E-state index in [4.69, 9.17) is 0 Å². The maximum Gasteiger partial charge on any atom is 0.230 e. The average Bonchev–Trinajstić information content (AvgIpc) is 2.47. The lowest BCUT2D eigenvalue weighted by atomic mass is 10.3. The van der Waals surface area contributed by atoms with E-state index in [2.05, 4.69) is 20.5 Å². The lowest BCUT2D eigenvalue weighted by Gasteiger charge is -2.27. The topological polar surface area (TPSA) is 57.3 Å². The minimum atomic E-state index is 0.0944. The van der Waals surface area contributed by atoms with Gasteiger partial charge in [0.05, 0.1) is 5.75 Å². The summed E-state index contributed by atoms with van der Waals surface area (Å²) in [5, 5.41) is 6.28. The van der Waals surface area contributed by atoms with Crippen LogP contribution < -0.4 is 10.6 Å². The highest BCUT2D eigenvalue weighted by Gasteiger charge is 2.09. The molecular weight excluding hydrogens is 260 g/mol. The van der Waals surface area contributed by atoms with Crippen LogP contribution in [0.1, 0.15) is 0 Å². The van der Waals surface area contributed by atoms with Gasteiger partial charge in [-0.1, -0.05) is 0 Å². The van der Waals surface area contributed by atoms with Crippen LogP contribution in [0.4, 0.5) is 0 Å². The smallest absolute Gasteiger partial charge is 0.230 e. The predicted molar refractivity (Wildman–Crippen MR) is 77.3 cm³/mol. The molecule has 2 heterocycles. The number of carbonyl (C=O) groups is 1. The number of hydrogen-bond acceptors (Lipinski definition) is 5. The molecule has 19 heavy (non-hydrogen) atoms. The molecule has 0 saturated carbocycles. The summed E-state index contributed by atoms with van der Waals surface area (Å²) in [6.07, 6.45) is 3.48. The molecule has 0 unspecified atom stereocenters.